The van der Waals surface area contributed by atoms with Crippen molar-refractivity contribution in [3.05, 3.63) is 108 Å². The molecule has 1 amide bonds. The van der Waals surface area contributed by atoms with Crippen LogP contribution in [0.15, 0.2) is 91.0 Å². The van der Waals surface area contributed by atoms with Crippen molar-refractivity contribution in [2.24, 2.45) is 5.92 Å². The highest BCUT2D eigenvalue weighted by Gasteiger charge is 2.46. The summed E-state index contributed by atoms with van der Waals surface area (Å²) in [6.45, 7) is 2.24. The third kappa shape index (κ3) is 4.04. The van der Waals surface area contributed by atoms with Gasteiger partial charge in [0.2, 0.25) is 5.91 Å². The summed E-state index contributed by atoms with van der Waals surface area (Å²) < 4.78 is 0. The molecule has 3 aromatic rings. The molecule has 0 spiro atoms. The van der Waals surface area contributed by atoms with Gasteiger partial charge in [-0.1, -0.05) is 110 Å². The van der Waals surface area contributed by atoms with E-state index in [1.54, 1.807) is 0 Å². The van der Waals surface area contributed by atoms with Gasteiger partial charge in [0.15, 0.2) is 0 Å². The van der Waals surface area contributed by atoms with Crippen LogP contribution >= 0.6 is 0 Å². The molecule has 0 unspecified atom stereocenters. The first-order valence-corrected chi connectivity index (χ1v) is 11.6. The van der Waals surface area contributed by atoms with E-state index in [9.17, 15) is 4.79 Å². The van der Waals surface area contributed by atoms with Gasteiger partial charge in [-0.15, -0.1) is 0 Å². The average Bonchev–Trinajstić information content (AvgIpc) is 2.86. The van der Waals surface area contributed by atoms with Crippen LogP contribution in [0.5, 0.6) is 0 Å². The minimum Gasteiger partial charge on any atom is -0.341 e. The number of carbonyl (C=O) groups is 1. The smallest absolute Gasteiger partial charge is 0.242 e. The lowest BCUT2D eigenvalue weighted by Gasteiger charge is -2.42. The Balaban J connectivity index is 1.88. The van der Waals surface area contributed by atoms with Gasteiger partial charge in [0, 0.05) is 13.1 Å². The minimum atomic E-state index is -0.874. The summed E-state index contributed by atoms with van der Waals surface area (Å²) in [5.74, 6) is 0.719. The van der Waals surface area contributed by atoms with Crippen LogP contribution in [0, 0.1) is 5.92 Å². The maximum atomic E-state index is 14.6. The number of carbonyl (C=O) groups excluding carboxylic acids is 1. The van der Waals surface area contributed by atoms with Crippen molar-refractivity contribution in [1.29, 1.82) is 0 Å². The first-order valence-electron chi connectivity index (χ1n) is 11.6. The highest BCUT2D eigenvalue weighted by Crippen LogP contribution is 2.42. The Morgan fingerprint density at radius 3 is 1.52 bits per heavy atom. The molecule has 160 valence electrons. The van der Waals surface area contributed by atoms with Crippen molar-refractivity contribution in [2.75, 3.05) is 7.05 Å². The normalized spacial score (nSPS) is 15.9. The number of hydrogen-bond acceptors (Lipinski definition) is 1. The zero-order valence-corrected chi connectivity index (χ0v) is 18.7. The Morgan fingerprint density at radius 1 is 0.742 bits per heavy atom. The standard InChI is InChI=1S/C29H33NO/c1-23(24-15-7-3-8-16-24)30(2)28(31)29(25-17-9-4-10-18-25,26-19-11-5-12-20-26)27-21-13-6-14-22-27/h4-6,9-14,17-24H,3,7-8,15-16H2,1-2H3/t23-/m0/s1. The fraction of sp³-hybridized carbons (Fsp3) is 0.345. The Kier molecular flexibility index (Phi) is 6.56. The highest BCUT2D eigenvalue weighted by molar-refractivity contribution is 5.96. The van der Waals surface area contributed by atoms with Crippen LogP contribution in [-0.4, -0.2) is 23.9 Å². The second-order valence-electron chi connectivity index (χ2n) is 8.90. The molecule has 0 radical (unpaired) electrons. The van der Waals surface area contributed by atoms with E-state index in [1.807, 2.05) is 66.5 Å². The van der Waals surface area contributed by atoms with Crippen LogP contribution in [0.4, 0.5) is 0 Å². The predicted molar refractivity (Wildman–Crippen MR) is 128 cm³/mol. The molecule has 0 saturated heterocycles. The van der Waals surface area contributed by atoms with Gasteiger partial charge in [-0.2, -0.15) is 0 Å². The van der Waals surface area contributed by atoms with Gasteiger partial charge < -0.3 is 4.90 Å². The molecule has 2 heteroatoms. The third-order valence-electron chi connectivity index (χ3n) is 7.20. The zero-order chi connectivity index (χ0) is 21.7. The summed E-state index contributed by atoms with van der Waals surface area (Å²) in [6.07, 6.45) is 6.31. The molecular formula is C29H33NO. The molecule has 1 atom stereocenters. The van der Waals surface area contributed by atoms with Gasteiger partial charge in [0.25, 0.3) is 0 Å². The molecule has 1 aliphatic rings. The Labute approximate surface area is 186 Å². The second-order valence-corrected chi connectivity index (χ2v) is 8.90. The fourth-order valence-electron chi connectivity index (χ4n) is 5.32. The summed E-state index contributed by atoms with van der Waals surface area (Å²) in [6, 6.07) is 31.0. The van der Waals surface area contributed by atoms with Crippen molar-refractivity contribution >= 4 is 5.91 Å². The van der Waals surface area contributed by atoms with E-state index >= 15 is 0 Å². The number of hydrogen-bond donors (Lipinski definition) is 0. The molecule has 2 nitrogen and oxygen atoms in total. The fourth-order valence-corrected chi connectivity index (χ4v) is 5.32. The Morgan fingerprint density at radius 2 is 1.13 bits per heavy atom. The molecule has 4 rings (SSSR count). The van der Waals surface area contributed by atoms with E-state index in [4.69, 9.17) is 0 Å². The third-order valence-corrected chi connectivity index (χ3v) is 7.20. The van der Waals surface area contributed by atoms with Gasteiger partial charge in [0.1, 0.15) is 5.41 Å². The zero-order valence-electron chi connectivity index (χ0n) is 18.7. The van der Waals surface area contributed by atoms with Crippen molar-refractivity contribution in [3.8, 4) is 0 Å². The van der Waals surface area contributed by atoms with Crippen molar-refractivity contribution in [2.45, 2.75) is 50.5 Å². The lowest BCUT2D eigenvalue weighted by Crippen LogP contribution is -2.51. The summed E-state index contributed by atoms with van der Waals surface area (Å²) in [7, 11) is 2.01. The molecule has 1 saturated carbocycles. The van der Waals surface area contributed by atoms with Crippen LogP contribution in [0.2, 0.25) is 0 Å². The second kappa shape index (κ2) is 9.51. The van der Waals surface area contributed by atoms with Crippen LogP contribution in [0.1, 0.15) is 55.7 Å². The molecule has 0 N–H and O–H groups in total. The van der Waals surface area contributed by atoms with Gasteiger partial charge >= 0.3 is 0 Å². The molecule has 3 aromatic carbocycles. The summed E-state index contributed by atoms with van der Waals surface area (Å²) in [4.78, 5) is 16.6. The van der Waals surface area contributed by atoms with Crippen molar-refractivity contribution in [3.63, 3.8) is 0 Å². The number of amides is 1. The van der Waals surface area contributed by atoms with E-state index in [0.29, 0.717) is 5.92 Å². The first kappa shape index (κ1) is 21.4. The number of rotatable bonds is 6. The lowest BCUT2D eigenvalue weighted by atomic mass is 9.68. The molecular weight excluding hydrogens is 378 g/mol. The van der Waals surface area contributed by atoms with Gasteiger partial charge in [-0.25, -0.2) is 0 Å². The number of likely N-dealkylation sites (N-methyl/N-ethyl adjacent to an activating group) is 1. The maximum absolute atomic E-state index is 14.6. The topological polar surface area (TPSA) is 20.3 Å². The van der Waals surface area contributed by atoms with Crippen LogP contribution in [-0.2, 0) is 10.2 Å². The van der Waals surface area contributed by atoms with Gasteiger partial charge in [-0.3, -0.25) is 4.79 Å². The molecule has 1 fully saturated rings. The number of benzene rings is 3. The van der Waals surface area contributed by atoms with Crippen LogP contribution in [0.25, 0.3) is 0 Å². The summed E-state index contributed by atoms with van der Waals surface area (Å²) >= 11 is 0. The van der Waals surface area contributed by atoms with E-state index in [2.05, 4.69) is 43.3 Å². The van der Waals surface area contributed by atoms with Crippen molar-refractivity contribution in [1.82, 2.24) is 4.90 Å². The molecule has 0 bridgehead atoms. The molecule has 1 aliphatic carbocycles. The van der Waals surface area contributed by atoms with Gasteiger partial charge in [0.05, 0.1) is 0 Å². The summed E-state index contributed by atoms with van der Waals surface area (Å²) in [5.41, 5.74) is 2.17. The minimum absolute atomic E-state index is 0.147. The highest BCUT2D eigenvalue weighted by atomic mass is 16.2. The lowest BCUT2D eigenvalue weighted by molar-refractivity contribution is -0.136. The quantitative estimate of drug-likeness (QED) is 0.427. The number of nitrogens with zero attached hydrogens (tertiary/aromatic N) is 1. The molecule has 0 aromatic heterocycles. The molecule has 0 heterocycles. The maximum Gasteiger partial charge on any atom is 0.242 e. The molecule has 31 heavy (non-hydrogen) atoms. The Bertz CT molecular complexity index is 865. The van der Waals surface area contributed by atoms with Crippen molar-refractivity contribution < 1.29 is 4.79 Å². The summed E-state index contributed by atoms with van der Waals surface area (Å²) in [5, 5.41) is 0. The van der Waals surface area contributed by atoms with E-state index in [-0.39, 0.29) is 11.9 Å². The van der Waals surface area contributed by atoms with E-state index in [0.717, 1.165) is 16.7 Å². The van der Waals surface area contributed by atoms with E-state index in [1.165, 1.54) is 32.1 Å². The largest absolute Gasteiger partial charge is 0.341 e. The first-order chi connectivity index (χ1) is 15.2. The predicted octanol–water partition coefficient (Wildman–Crippen LogP) is 6.45. The van der Waals surface area contributed by atoms with Crippen LogP contribution < -0.4 is 0 Å². The Hall–Kier alpha value is -2.87. The van der Waals surface area contributed by atoms with E-state index < -0.39 is 5.41 Å². The monoisotopic (exact) mass is 411 g/mol. The average molecular weight is 412 g/mol. The SMILES string of the molecule is C[C@@H](C1CCCCC1)N(C)C(=O)C(c1ccccc1)(c1ccccc1)c1ccccc1. The van der Waals surface area contributed by atoms with Crippen LogP contribution in [0.3, 0.4) is 0 Å². The molecule has 0 aliphatic heterocycles. The van der Waals surface area contributed by atoms with Gasteiger partial charge in [-0.05, 0) is 42.4 Å².